The largest absolute Gasteiger partial charge is 0.483 e. The number of hydrogen-bond donors (Lipinski definition) is 1. The van der Waals surface area contributed by atoms with Crippen LogP contribution in [0, 0.1) is 0 Å². The molecule has 1 aromatic carbocycles. The van der Waals surface area contributed by atoms with E-state index in [1.54, 1.807) is 0 Å². The van der Waals surface area contributed by atoms with E-state index in [-0.39, 0.29) is 18.1 Å². The van der Waals surface area contributed by atoms with Gasteiger partial charge < -0.3 is 20.1 Å². The minimum atomic E-state index is -0.286. The molecule has 2 N–H and O–H groups in total. The van der Waals surface area contributed by atoms with Gasteiger partial charge in [-0.15, -0.1) is 0 Å². The summed E-state index contributed by atoms with van der Waals surface area (Å²) in [4.78, 5) is 14.1. The number of amides is 1. The van der Waals surface area contributed by atoms with Crippen molar-refractivity contribution in [2.45, 2.75) is 25.9 Å². The Labute approximate surface area is 119 Å². The van der Waals surface area contributed by atoms with Crippen LogP contribution < -0.4 is 10.5 Å². The van der Waals surface area contributed by atoms with Crippen LogP contribution in [0.15, 0.2) is 24.3 Å². The molecule has 110 valence electrons. The Hall–Kier alpha value is -1.59. The Kier molecular flexibility index (Phi) is 4.62. The fraction of sp³-hybridized carbons (Fsp3) is 0.533. The number of nitrogens with zero attached hydrogens (tertiary/aromatic N) is 1. The van der Waals surface area contributed by atoms with Crippen molar-refractivity contribution < 1.29 is 14.3 Å². The van der Waals surface area contributed by atoms with Crippen molar-refractivity contribution >= 4 is 5.91 Å². The third kappa shape index (κ3) is 3.29. The highest BCUT2D eigenvalue weighted by Crippen LogP contribution is 2.21. The van der Waals surface area contributed by atoms with Crippen molar-refractivity contribution in [1.82, 2.24) is 4.90 Å². The molecule has 0 radical (unpaired) electrons. The molecule has 5 nitrogen and oxygen atoms in total. The molecule has 0 aromatic heterocycles. The van der Waals surface area contributed by atoms with Gasteiger partial charge in [0.15, 0.2) is 6.61 Å². The van der Waals surface area contributed by atoms with Gasteiger partial charge in [-0.05, 0) is 19.9 Å². The highest BCUT2D eigenvalue weighted by molar-refractivity contribution is 5.78. The first-order chi connectivity index (χ1) is 9.54. The summed E-state index contributed by atoms with van der Waals surface area (Å²) < 4.78 is 11.0. The van der Waals surface area contributed by atoms with Crippen LogP contribution in [0.2, 0.25) is 0 Å². The second kappa shape index (κ2) is 6.24. The number of rotatable bonds is 4. The van der Waals surface area contributed by atoms with E-state index >= 15 is 0 Å². The van der Waals surface area contributed by atoms with Gasteiger partial charge in [-0.3, -0.25) is 4.79 Å². The third-order valence-electron chi connectivity index (χ3n) is 3.49. The summed E-state index contributed by atoms with van der Waals surface area (Å²) in [5, 5.41) is 0. The molecule has 0 atom stereocenters. The monoisotopic (exact) mass is 278 g/mol. The minimum Gasteiger partial charge on any atom is -0.483 e. The second-order valence-corrected chi connectivity index (χ2v) is 5.51. The van der Waals surface area contributed by atoms with Crippen LogP contribution in [0.4, 0.5) is 0 Å². The maximum atomic E-state index is 12.3. The number of carbonyl (C=O) groups excluding carboxylic acids is 1. The molecule has 1 heterocycles. The zero-order valence-corrected chi connectivity index (χ0v) is 12.1. The average molecular weight is 278 g/mol. The molecule has 0 bridgehead atoms. The number of carbonyl (C=O) groups is 1. The van der Waals surface area contributed by atoms with E-state index in [2.05, 4.69) is 0 Å². The standard InChI is InChI=1S/C15H22N2O3/c1-15(2)11-19-8-7-17(15)14(18)10-20-13-6-4-3-5-12(13)9-16/h3-6H,7-11,16H2,1-2H3. The zero-order chi connectivity index (χ0) is 14.6. The topological polar surface area (TPSA) is 64.8 Å². The van der Waals surface area contributed by atoms with Gasteiger partial charge in [0.25, 0.3) is 5.91 Å². The van der Waals surface area contributed by atoms with E-state index in [0.29, 0.717) is 32.1 Å². The zero-order valence-electron chi connectivity index (χ0n) is 12.1. The van der Waals surface area contributed by atoms with Crippen LogP contribution in [0.5, 0.6) is 5.75 Å². The number of morpholine rings is 1. The molecular weight excluding hydrogens is 256 g/mol. The van der Waals surface area contributed by atoms with E-state index < -0.39 is 0 Å². The average Bonchev–Trinajstić information content (AvgIpc) is 2.44. The predicted octanol–water partition coefficient (Wildman–Crippen LogP) is 1.16. The highest BCUT2D eigenvalue weighted by Gasteiger charge is 2.34. The Morgan fingerprint density at radius 3 is 2.90 bits per heavy atom. The minimum absolute atomic E-state index is 0.0230. The number of hydrogen-bond acceptors (Lipinski definition) is 4. The second-order valence-electron chi connectivity index (χ2n) is 5.51. The fourth-order valence-corrected chi connectivity index (χ4v) is 2.35. The molecule has 5 heteroatoms. The van der Waals surface area contributed by atoms with Gasteiger partial charge in [-0.25, -0.2) is 0 Å². The van der Waals surface area contributed by atoms with Gasteiger partial charge in [-0.2, -0.15) is 0 Å². The summed E-state index contributed by atoms with van der Waals surface area (Å²) in [5.74, 6) is 0.652. The Bertz CT molecular complexity index is 474. The van der Waals surface area contributed by atoms with Crippen molar-refractivity contribution in [3.8, 4) is 5.75 Å². The smallest absolute Gasteiger partial charge is 0.261 e. The lowest BCUT2D eigenvalue weighted by Crippen LogP contribution is -2.56. The summed E-state index contributed by atoms with van der Waals surface area (Å²) in [6.45, 7) is 6.16. The van der Waals surface area contributed by atoms with Gasteiger partial charge >= 0.3 is 0 Å². The first kappa shape index (κ1) is 14.8. The first-order valence-corrected chi connectivity index (χ1v) is 6.83. The Balaban J connectivity index is 1.98. The highest BCUT2D eigenvalue weighted by atomic mass is 16.5. The normalized spacial score (nSPS) is 17.9. The Morgan fingerprint density at radius 2 is 2.20 bits per heavy atom. The van der Waals surface area contributed by atoms with Crippen molar-refractivity contribution in [3.63, 3.8) is 0 Å². The van der Waals surface area contributed by atoms with Crippen molar-refractivity contribution in [3.05, 3.63) is 29.8 Å². The fourth-order valence-electron chi connectivity index (χ4n) is 2.35. The van der Waals surface area contributed by atoms with E-state index in [0.717, 1.165) is 5.56 Å². The molecule has 2 rings (SSSR count). The van der Waals surface area contributed by atoms with Gasteiger partial charge in [0.2, 0.25) is 0 Å². The van der Waals surface area contributed by atoms with Crippen LogP contribution in [0.25, 0.3) is 0 Å². The lowest BCUT2D eigenvalue weighted by molar-refractivity contribution is -0.148. The molecule has 0 aliphatic carbocycles. The van der Waals surface area contributed by atoms with E-state index in [1.165, 1.54) is 0 Å². The van der Waals surface area contributed by atoms with Crippen LogP contribution >= 0.6 is 0 Å². The van der Waals surface area contributed by atoms with Crippen molar-refractivity contribution in [2.24, 2.45) is 5.73 Å². The molecule has 0 saturated carbocycles. The number of ether oxygens (including phenoxy) is 2. The first-order valence-electron chi connectivity index (χ1n) is 6.83. The van der Waals surface area contributed by atoms with Crippen LogP contribution in [0.3, 0.4) is 0 Å². The lowest BCUT2D eigenvalue weighted by Gasteiger charge is -2.42. The quantitative estimate of drug-likeness (QED) is 0.897. The summed E-state index contributed by atoms with van der Waals surface area (Å²) in [7, 11) is 0. The van der Waals surface area contributed by atoms with Gasteiger partial charge in [0, 0.05) is 18.7 Å². The SMILES string of the molecule is CC1(C)COCCN1C(=O)COc1ccccc1CN. The third-order valence-corrected chi connectivity index (χ3v) is 3.49. The molecule has 1 aliphatic heterocycles. The maximum absolute atomic E-state index is 12.3. The molecule has 1 saturated heterocycles. The van der Waals surface area contributed by atoms with Crippen molar-refractivity contribution in [2.75, 3.05) is 26.4 Å². The van der Waals surface area contributed by atoms with E-state index in [1.807, 2.05) is 43.0 Å². The van der Waals surface area contributed by atoms with Gasteiger partial charge in [-0.1, -0.05) is 18.2 Å². The van der Waals surface area contributed by atoms with Crippen LogP contribution in [-0.2, 0) is 16.1 Å². The summed E-state index contributed by atoms with van der Waals surface area (Å²) >= 11 is 0. The molecule has 1 amide bonds. The Morgan fingerprint density at radius 1 is 1.45 bits per heavy atom. The van der Waals surface area contributed by atoms with Crippen molar-refractivity contribution in [1.29, 1.82) is 0 Å². The lowest BCUT2D eigenvalue weighted by atomic mass is 10.0. The summed E-state index contributed by atoms with van der Waals surface area (Å²) in [6, 6.07) is 7.51. The summed E-state index contributed by atoms with van der Waals surface area (Å²) in [6.07, 6.45) is 0. The van der Waals surface area contributed by atoms with Gasteiger partial charge in [0.1, 0.15) is 5.75 Å². The van der Waals surface area contributed by atoms with E-state index in [9.17, 15) is 4.79 Å². The van der Waals surface area contributed by atoms with E-state index in [4.69, 9.17) is 15.2 Å². The molecule has 0 spiro atoms. The predicted molar refractivity (Wildman–Crippen MR) is 76.4 cm³/mol. The summed E-state index contributed by atoms with van der Waals surface area (Å²) in [5.41, 5.74) is 6.27. The molecule has 1 fully saturated rings. The number of para-hydroxylation sites is 1. The van der Waals surface area contributed by atoms with Crippen LogP contribution in [0.1, 0.15) is 19.4 Å². The number of benzene rings is 1. The molecule has 1 aromatic rings. The van der Waals surface area contributed by atoms with Gasteiger partial charge in [0.05, 0.1) is 18.8 Å². The molecule has 0 unspecified atom stereocenters. The molecule has 20 heavy (non-hydrogen) atoms. The van der Waals surface area contributed by atoms with Crippen LogP contribution in [-0.4, -0.2) is 42.7 Å². The molecular formula is C15H22N2O3. The molecule has 1 aliphatic rings. The number of nitrogens with two attached hydrogens (primary N) is 1. The maximum Gasteiger partial charge on any atom is 0.261 e.